The molecule has 0 bridgehead atoms. The molecular weight excluding hydrogens is 252 g/mol. The average Bonchev–Trinajstić information content (AvgIpc) is 2.47. The SMILES string of the molecule is Cc1ccc2ccccc2c1-c1ccccc1CCl. The monoisotopic (exact) mass is 266 g/mol. The van der Waals surface area contributed by atoms with E-state index in [0.717, 1.165) is 0 Å². The first-order valence-corrected chi connectivity index (χ1v) is 6.97. The fourth-order valence-electron chi connectivity index (χ4n) is 2.62. The predicted octanol–water partition coefficient (Wildman–Crippen LogP) is 5.55. The van der Waals surface area contributed by atoms with Gasteiger partial charge in [0.15, 0.2) is 0 Å². The van der Waals surface area contributed by atoms with E-state index in [2.05, 4.69) is 61.5 Å². The Balaban J connectivity index is 2.38. The van der Waals surface area contributed by atoms with Gasteiger partial charge in [-0.2, -0.15) is 0 Å². The molecule has 0 fully saturated rings. The summed E-state index contributed by atoms with van der Waals surface area (Å²) in [5.74, 6) is 0.541. The summed E-state index contributed by atoms with van der Waals surface area (Å²) in [7, 11) is 0. The Hall–Kier alpha value is -1.79. The topological polar surface area (TPSA) is 0 Å². The third-order valence-corrected chi connectivity index (χ3v) is 3.86. The molecule has 0 saturated carbocycles. The van der Waals surface area contributed by atoms with E-state index >= 15 is 0 Å². The molecule has 0 aliphatic carbocycles. The zero-order chi connectivity index (χ0) is 13.2. The first kappa shape index (κ1) is 12.3. The highest BCUT2D eigenvalue weighted by Crippen LogP contribution is 2.34. The summed E-state index contributed by atoms with van der Waals surface area (Å²) in [5.41, 5.74) is 5.01. The molecule has 3 aromatic carbocycles. The normalized spacial score (nSPS) is 10.8. The zero-order valence-electron chi connectivity index (χ0n) is 10.9. The van der Waals surface area contributed by atoms with Gasteiger partial charge in [0.1, 0.15) is 0 Å². The maximum absolute atomic E-state index is 6.09. The number of aryl methyl sites for hydroxylation is 1. The van der Waals surface area contributed by atoms with E-state index in [9.17, 15) is 0 Å². The van der Waals surface area contributed by atoms with Crippen molar-refractivity contribution in [3.05, 3.63) is 71.8 Å². The van der Waals surface area contributed by atoms with E-state index in [1.165, 1.54) is 33.0 Å². The first-order valence-electron chi connectivity index (χ1n) is 6.44. The van der Waals surface area contributed by atoms with Crippen molar-refractivity contribution < 1.29 is 0 Å². The van der Waals surface area contributed by atoms with Gasteiger partial charge in [-0.1, -0.05) is 60.7 Å². The second kappa shape index (κ2) is 5.07. The van der Waals surface area contributed by atoms with E-state index in [4.69, 9.17) is 11.6 Å². The number of benzene rings is 3. The standard InChI is InChI=1S/C18H15Cl/c1-13-10-11-14-6-2-4-8-16(14)18(13)17-9-5-3-7-15(17)12-19/h2-11H,12H2,1H3. The fraction of sp³-hybridized carbons (Fsp3) is 0.111. The molecule has 0 saturated heterocycles. The van der Waals surface area contributed by atoms with Crippen LogP contribution in [0.3, 0.4) is 0 Å². The van der Waals surface area contributed by atoms with Crippen LogP contribution in [0, 0.1) is 6.92 Å². The number of rotatable bonds is 2. The molecule has 0 heterocycles. The van der Waals surface area contributed by atoms with Crippen LogP contribution in [-0.4, -0.2) is 0 Å². The van der Waals surface area contributed by atoms with Gasteiger partial charge < -0.3 is 0 Å². The smallest absolute Gasteiger partial charge is 0.0480 e. The maximum Gasteiger partial charge on any atom is 0.0480 e. The van der Waals surface area contributed by atoms with E-state index < -0.39 is 0 Å². The molecular formula is C18H15Cl. The van der Waals surface area contributed by atoms with Gasteiger partial charge in [0.2, 0.25) is 0 Å². The third kappa shape index (κ3) is 2.13. The quantitative estimate of drug-likeness (QED) is 0.533. The lowest BCUT2D eigenvalue weighted by Crippen LogP contribution is -1.90. The van der Waals surface area contributed by atoms with Crippen molar-refractivity contribution in [3.63, 3.8) is 0 Å². The first-order chi connectivity index (χ1) is 9.31. The van der Waals surface area contributed by atoms with Crippen molar-refractivity contribution in [1.82, 2.24) is 0 Å². The summed E-state index contributed by atoms with van der Waals surface area (Å²) in [6, 6.07) is 21.2. The molecule has 0 nitrogen and oxygen atoms in total. The second-order valence-electron chi connectivity index (χ2n) is 4.77. The lowest BCUT2D eigenvalue weighted by atomic mass is 9.91. The highest BCUT2D eigenvalue weighted by molar-refractivity contribution is 6.17. The lowest BCUT2D eigenvalue weighted by Gasteiger charge is -2.13. The van der Waals surface area contributed by atoms with Crippen molar-refractivity contribution in [2.45, 2.75) is 12.8 Å². The van der Waals surface area contributed by atoms with Crippen LogP contribution in [0.1, 0.15) is 11.1 Å². The van der Waals surface area contributed by atoms with Gasteiger partial charge in [0.05, 0.1) is 0 Å². The highest BCUT2D eigenvalue weighted by atomic mass is 35.5. The molecule has 0 atom stereocenters. The molecule has 0 aromatic heterocycles. The van der Waals surface area contributed by atoms with Crippen molar-refractivity contribution in [1.29, 1.82) is 0 Å². The summed E-state index contributed by atoms with van der Waals surface area (Å²) in [4.78, 5) is 0. The number of fused-ring (bicyclic) bond motifs is 1. The average molecular weight is 267 g/mol. The van der Waals surface area contributed by atoms with E-state index in [0.29, 0.717) is 5.88 Å². The fourth-order valence-corrected chi connectivity index (χ4v) is 2.85. The summed E-state index contributed by atoms with van der Waals surface area (Å²) < 4.78 is 0. The van der Waals surface area contributed by atoms with Gasteiger partial charge in [-0.3, -0.25) is 0 Å². The van der Waals surface area contributed by atoms with Crippen molar-refractivity contribution in [2.24, 2.45) is 0 Å². The number of alkyl halides is 1. The van der Waals surface area contributed by atoms with E-state index in [1.54, 1.807) is 0 Å². The Morgan fingerprint density at radius 1 is 0.842 bits per heavy atom. The van der Waals surface area contributed by atoms with Crippen molar-refractivity contribution >= 4 is 22.4 Å². The van der Waals surface area contributed by atoms with Crippen LogP contribution < -0.4 is 0 Å². The zero-order valence-corrected chi connectivity index (χ0v) is 11.6. The van der Waals surface area contributed by atoms with Crippen LogP contribution in [-0.2, 0) is 5.88 Å². The molecule has 0 aliphatic rings. The molecule has 3 rings (SSSR count). The van der Waals surface area contributed by atoms with Gasteiger partial charge >= 0.3 is 0 Å². The van der Waals surface area contributed by atoms with Crippen molar-refractivity contribution in [2.75, 3.05) is 0 Å². The summed E-state index contributed by atoms with van der Waals surface area (Å²) in [5, 5.41) is 2.56. The largest absolute Gasteiger partial charge is 0.122 e. The number of hydrogen-bond donors (Lipinski definition) is 0. The number of hydrogen-bond acceptors (Lipinski definition) is 0. The van der Waals surface area contributed by atoms with E-state index in [-0.39, 0.29) is 0 Å². The predicted molar refractivity (Wildman–Crippen MR) is 83.7 cm³/mol. The molecule has 0 unspecified atom stereocenters. The van der Waals surface area contributed by atoms with Gasteiger partial charge in [-0.15, -0.1) is 11.6 Å². The van der Waals surface area contributed by atoms with Crippen LogP contribution in [0.15, 0.2) is 60.7 Å². The molecule has 1 heteroatoms. The van der Waals surface area contributed by atoms with Crippen molar-refractivity contribution in [3.8, 4) is 11.1 Å². The second-order valence-corrected chi connectivity index (χ2v) is 5.04. The molecule has 0 spiro atoms. The Morgan fingerprint density at radius 2 is 1.58 bits per heavy atom. The maximum atomic E-state index is 6.09. The highest BCUT2D eigenvalue weighted by Gasteiger charge is 2.10. The third-order valence-electron chi connectivity index (χ3n) is 3.57. The molecule has 0 radical (unpaired) electrons. The molecule has 19 heavy (non-hydrogen) atoms. The summed E-state index contributed by atoms with van der Waals surface area (Å²) in [6.07, 6.45) is 0. The van der Waals surface area contributed by atoms with Gasteiger partial charge in [-0.05, 0) is 39.9 Å². The molecule has 0 N–H and O–H groups in total. The Morgan fingerprint density at radius 3 is 2.42 bits per heavy atom. The Bertz CT molecular complexity index is 729. The summed E-state index contributed by atoms with van der Waals surface area (Å²) in [6.45, 7) is 2.16. The van der Waals surface area contributed by atoms with Crippen LogP contribution in [0.25, 0.3) is 21.9 Å². The van der Waals surface area contributed by atoms with E-state index in [1.807, 2.05) is 6.07 Å². The molecule has 0 aliphatic heterocycles. The molecule has 0 amide bonds. The Kier molecular flexibility index (Phi) is 3.27. The van der Waals surface area contributed by atoms with Gasteiger partial charge in [0, 0.05) is 5.88 Å². The van der Waals surface area contributed by atoms with Crippen LogP contribution in [0.4, 0.5) is 0 Å². The number of halogens is 1. The van der Waals surface area contributed by atoms with Crippen LogP contribution >= 0.6 is 11.6 Å². The minimum atomic E-state index is 0.541. The van der Waals surface area contributed by atoms with Gasteiger partial charge in [0.25, 0.3) is 0 Å². The Labute approximate surface area is 118 Å². The van der Waals surface area contributed by atoms with Crippen LogP contribution in [0.2, 0.25) is 0 Å². The van der Waals surface area contributed by atoms with Crippen LogP contribution in [0.5, 0.6) is 0 Å². The molecule has 3 aromatic rings. The minimum Gasteiger partial charge on any atom is -0.122 e. The molecule has 94 valence electrons. The summed E-state index contributed by atoms with van der Waals surface area (Å²) >= 11 is 6.09. The lowest BCUT2D eigenvalue weighted by molar-refractivity contribution is 1.38. The minimum absolute atomic E-state index is 0.541. The van der Waals surface area contributed by atoms with Gasteiger partial charge in [-0.25, -0.2) is 0 Å².